The quantitative estimate of drug-likeness (QED) is 0.871. The van der Waals surface area contributed by atoms with E-state index in [0.717, 1.165) is 11.3 Å². The molecule has 1 aromatic carbocycles. The summed E-state index contributed by atoms with van der Waals surface area (Å²) in [7, 11) is 0. The van der Waals surface area contributed by atoms with Crippen molar-refractivity contribution < 1.29 is 18.0 Å². The molecule has 23 heavy (non-hydrogen) atoms. The molecule has 2 rings (SSSR count). The molecule has 0 aliphatic rings. The number of aromatic nitrogens is 1. The van der Waals surface area contributed by atoms with E-state index in [4.69, 9.17) is 5.73 Å². The molecule has 4 nitrogen and oxygen atoms in total. The Bertz CT molecular complexity index is 700. The number of aryl methyl sites for hydroxylation is 1. The minimum absolute atomic E-state index is 0. The number of carbonyl (C=O) groups is 1. The van der Waals surface area contributed by atoms with Gasteiger partial charge in [0.05, 0.1) is 11.3 Å². The van der Waals surface area contributed by atoms with Crippen molar-refractivity contribution in [2.75, 3.05) is 11.9 Å². The van der Waals surface area contributed by atoms with Crippen LogP contribution < -0.4 is 11.1 Å². The third kappa shape index (κ3) is 4.21. The van der Waals surface area contributed by atoms with E-state index in [0.29, 0.717) is 17.0 Å². The van der Waals surface area contributed by atoms with Crippen LogP contribution in [0.2, 0.25) is 0 Å². The Balaban J connectivity index is 0.00000264. The van der Waals surface area contributed by atoms with Gasteiger partial charge in [0.25, 0.3) is 0 Å². The van der Waals surface area contributed by atoms with Gasteiger partial charge in [0.1, 0.15) is 17.5 Å². The number of amides is 1. The van der Waals surface area contributed by atoms with Gasteiger partial charge >= 0.3 is 0 Å². The Labute approximate surface area is 141 Å². The summed E-state index contributed by atoms with van der Waals surface area (Å²) in [4.78, 5) is 16.3. The molecule has 0 aliphatic carbocycles. The van der Waals surface area contributed by atoms with E-state index >= 15 is 0 Å². The van der Waals surface area contributed by atoms with E-state index in [2.05, 4.69) is 10.3 Å². The molecule has 126 valence electrons. The van der Waals surface area contributed by atoms with Crippen LogP contribution in [0.4, 0.5) is 18.3 Å². The van der Waals surface area contributed by atoms with Crippen molar-refractivity contribution >= 4 is 34.8 Å². The normalized spacial score (nSPS) is 11.7. The third-order valence-electron chi connectivity index (χ3n) is 3.07. The largest absolute Gasteiger partial charge is 0.330 e. The van der Waals surface area contributed by atoms with Gasteiger partial charge in [-0.15, -0.1) is 23.7 Å². The Kier molecular flexibility index (Phi) is 6.55. The van der Waals surface area contributed by atoms with Crippen LogP contribution >= 0.6 is 23.7 Å². The summed E-state index contributed by atoms with van der Waals surface area (Å²) in [5.41, 5.74) is 5.02. The molecule has 1 atom stereocenters. The van der Waals surface area contributed by atoms with Gasteiger partial charge in [-0.2, -0.15) is 0 Å². The number of nitrogens with one attached hydrogen (secondary N) is 1. The first-order valence-corrected chi connectivity index (χ1v) is 7.28. The van der Waals surface area contributed by atoms with Gasteiger partial charge in [-0.1, -0.05) is 6.92 Å². The van der Waals surface area contributed by atoms with Gasteiger partial charge in [-0.05, 0) is 6.92 Å². The van der Waals surface area contributed by atoms with Crippen LogP contribution in [0.3, 0.4) is 0 Å². The van der Waals surface area contributed by atoms with Crippen LogP contribution in [-0.4, -0.2) is 17.4 Å². The van der Waals surface area contributed by atoms with Crippen molar-refractivity contribution in [2.45, 2.75) is 13.8 Å². The Hall–Kier alpha value is -1.64. The maximum atomic E-state index is 13.8. The number of rotatable bonds is 4. The molecule has 9 heteroatoms. The number of halogens is 4. The van der Waals surface area contributed by atoms with Gasteiger partial charge in [0.15, 0.2) is 5.13 Å². The highest BCUT2D eigenvalue weighted by molar-refractivity contribution is 7.16. The second-order valence-electron chi connectivity index (χ2n) is 4.79. The molecule has 1 heterocycles. The number of hydrogen-bond acceptors (Lipinski definition) is 4. The van der Waals surface area contributed by atoms with Crippen LogP contribution in [0.1, 0.15) is 11.8 Å². The van der Waals surface area contributed by atoms with Crippen molar-refractivity contribution in [3.63, 3.8) is 0 Å². The highest BCUT2D eigenvalue weighted by Crippen LogP contribution is 2.34. The number of benzene rings is 1. The number of nitrogens with two attached hydrogens (primary N) is 1. The van der Waals surface area contributed by atoms with E-state index < -0.39 is 28.9 Å². The maximum absolute atomic E-state index is 13.8. The van der Waals surface area contributed by atoms with E-state index in [1.165, 1.54) is 0 Å². The third-order valence-corrected chi connectivity index (χ3v) is 3.96. The molecule has 0 fully saturated rings. The zero-order chi connectivity index (χ0) is 16.4. The molecule has 0 aliphatic heterocycles. The highest BCUT2D eigenvalue weighted by Gasteiger charge is 2.21. The molecule has 1 unspecified atom stereocenters. The summed E-state index contributed by atoms with van der Waals surface area (Å²) in [6.07, 6.45) is 0. The van der Waals surface area contributed by atoms with Crippen molar-refractivity contribution in [3.8, 4) is 11.3 Å². The predicted octanol–water partition coefficient (Wildman–Crippen LogP) is 3.49. The summed E-state index contributed by atoms with van der Waals surface area (Å²) in [6.45, 7) is 3.43. The molecular formula is C14H15ClF3N3OS. The SMILES string of the molecule is Cc1sc(NC(=O)C(C)CN)nc1-c1c(F)cc(F)cc1F.Cl. The lowest BCUT2D eigenvalue weighted by molar-refractivity contribution is -0.119. The van der Waals surface area contributed by atoms with E-state index in [9.17, 15) is 18.0 Å². The second-order valence-corrected chi connectivity index (χ2v) is 6.00. The van der Waals surface area contributed by atoms with Crippen molar-refractivity contribution in [3.05, 3.63) is 34.5 Å². The second kappa shape index (κ2) is 7.76. The van der Waals surface area contributed by atoms with Gasteiger partial charge in [0.2, 0.25) is 5.91 Å². The number of carbonyl (C=O) groups excluding carboxylic acids is 1. The van der Waals surface area contributed by atoms with Crippen LogP contribution in [0.25, 0.3) is 11.3 Å². The molecule has 2 aromatic rings. The van der Waals surface area contributed by atoms with Gasteiger partial charge < -0.3 is 11.1 Å². The summed E-state index contributed by atoms with van der Waals surface area (Å²) in [5, 5.41) is 2.75. The average Bonchev–Trinajstić information content (AvgIpc) is 2.77. The monoisotopic (exact) mass is 365 g/mol. The molecule has 1 aromatic heterocycles. The lowest BCUT2D eigenvalue weighted by atomic mass is 10.1. The standard InChI is InChI=1S/C14H14F3N3OS.ClH/c1-6(5-18)13(21)20-14-19-12(7(2)22-14)11-9(16)3-8(15)4-10(11)17;/h3-4,6H,5,18H2,1-2H3,(H,19,20,21);1H. The summed E-state index contributed by atoms with van der Waals surface area (Å²) in [5.74, 6) is -3.83. The van der Waals surface area contributed by atoms with Gasteiger partial charge in [0, 0.05) is 29.5 Å². The van der Waals surface area contributed by atoms with Crippen molar-refractivity contribution in [1.29, 1.82) is 0 Å². The fraction of sp³-hybridized carbons (Fsp3) is 0.286. The van der Waals surface area contributed by atoms with E-state index in [1.807, 2.05) is 0 Å². The first-order valence-electron chi connectivity index (χ1n) is 6.46. The molecule has 3 N–H and O–H groups in total. The van der Waals surface area contributed by atoms with Gasteiger partial charge in [-0.3, -0.25) is 4.79 Å². The molecule has 0 saturated heterocycles. The van der Waals surface area contributed by atoms with E-state index in [-0.39, 0.29) is 35.7 Å². The molecule has 0 radical (unpaired) electrons. The number of nitrogens with zero attached hydrogens (tertiary/aromatic N) is 1. The molecule has 0 bridgehead atoms. The minimum Gasteiger partial charge on any atom is -0.330 e. The first-order chi connectivity index (χ1) is 10.3. The zero-order valence-electron chi connectivity index (χ0n) is 12.3. The minimum atomic E-state index is -1.04. The first kappa shape index (κ1) is 19.4. The number of thiazole rings is 1. The van der Waals surface area contributed by atoms with Gasteiger partial charge in [-0.25, -0.2) is 18.2 Å². The Morgan fingerprint density at radius 2 is 1.91 bits per heavy atom. The topological polar surface area (TPSA) is 68.0 Å². The summed E-state index contributed by atoms with van der Waals surface area (Å²) in [6, 6.07) is 1.18. The lowest BCUT2D eigenvalue weighted by Gasteiger charge is -2.06. The highest BCUT2D eigenvalue weighted by atomic mass is 35.5. The van der Waals surface area contributed by atoms with Crippen LogP contribution in [0.5, 0.6) is 0 Å². The van der Waals surface area contributed by atoms with Crippen LogP contribution in [0, 0.1) is 30.3 Å². The Morgan fingerprint density at radius 1 is 1.35 bits per heavy atom. The fourth-order valence-corrected chi connectivity index (χ4v) is 2.61. The average molecular weight is 366 g/mol. The molecule has 0 saturated carbocycles. The molecular weight excluding hydrogens is 351 g/mol. The predicted molar refractivity (Wildman–Crippen MR) is 86.3 cm³/mol. The Morgan fingerprint density at radius 3 is 2.43 bits per heavy atom. The lowest BCUT2D eigenvalue weighted by Crippen LogP contribution is -2.26. The molecule has 1 amide bonds. The molecule has 0 spiro atoms. The maximum Gasteiger partial charge on any atom is 0.230 e. The van der Waals surface area contributed by atoms with Crippen LogP contribution in [-0.2, 0) is 4.79 Å². The summed E-state index contributed by atoms with van der Waals surface area (Å²) < 4.78 is 40.6. The number of hydrogen-bond donors (Lipinski definition) is 2. The van der Waals surface area contributed by atoms with Crippen LogP contribution in [0.15, 0.2) is 12.1 Å². The van der Waals surface area contributed by atoms with Crippen molar-refractivity contribution in [1.82, 2.24) is 4.98 Å². The smallest absolute Gasteiger partial charge is 0.230 e. The van der Waals surface area contributed by atoms with Crippen molar-refractivity contribution in [2.24, 2.45) is 11.7 Å². The zero-order valence-corrected chi connectivity index (χ0v) is 14.0. The fourth-order valence-electron chi connectivity index (χ4n) is 1.79. The summed E-state index contributed by atoms with van der Waals surface area (Å²) >= 11 is 1.08. The number of anilines is 1. The van der Waals surface area contributed by atoms with E-state index in [1.54, 1.807) is 13.8 Å².